The molecule has 0 atom stereocenters. The molecule has 5 aromatic rings. The molecule has 0 amide bonds. The van der Waals surface area contributed by atoms with Gasteiger partial charge in [0, 0.05) is 43.8 Å². The maximum atomic E-state index is 5.21. The van der Waals surface area contributed by atoms with Gasteiger partial charge in [0.05, 0.1) is 33.1 Å². The summed E-state index contributed by atoms with van der Waals surface area (Å²) in [5, 5.41) is 2.61. The zero-order chi connectivity index (χ0) is 36.7. The van der Waals surface area contributed by atoms with Crippen LogP contribution in [0.4, 0.5) is 0 Å². The van der Waals surface area contributed by atoms with Gasteiger partial charge in [-0.15, -0.1) is 0 Å². The van der Waals surface area contributed by atoms with Gasteiger partial charge in [0.2, 0.25) is 0 Å². The zero-order valence-corrected chi connectivity index (χ0v) is 34.5. The Bertz CT molecular complexity index is 1660. The van der Waals surface area contributed by atoms with Crippen LogP contribution in [-0.2, 0) is 26.9 Å². The average molecular weight is 710 g/mol. The van der Waals surface area contributed by atoms with Crippen LogP contribution in [-0.4, -0.2) is 23.7 Å². The van der Waals surface area contributed by atoms with Crippen molar-refractivity contribution in [1.82, 2.24) is 23.7 Å². The van der Waals surface area contributed by atoms with Crippen LogP contribution in [0.1, 0.15) is 199 Å². The van der Waals surface area contributed by atoms with Crippen molar-refractivity contribution in [2.45, 2.75) is 201 Å². The molecule has 0 radical (unpaired) electrons. The maximum Gasteiger partial charge on any atom is 0.109 e. The van der Waals surface area contributed by atoms with E-state index in [9.17, 15) is 0 Å². The van der Waals surface area contributed by atoms with Crippen LogP contribution in [0.15, 0.2) is 24.3 Å². The molecule has 0 fully saturated rings. The highest BCUT2D eigenvalue weighted by Crippen LogP contribution is 2.37. The molecular weight excluding hydrogens is 635 g/mol. The van der Waals surface area contributed by atoms with Gasteiger partial charge in [-0.1, -0.05) is 155 Å². The molecule has 2 aromatic carbocycles. The monoisotopic (exact) mass is 710 g/mol. The molecule has 52 heavy (non-hydrogen) atoms. The molecule has 288 valence electrons. The number of hydrogen-bond donors (Lipinski definition) is 0. The normalized spacial score (nSPS) is 12.3. The predicted molar refractivity (Wildman–Crippen MR) is 228 cm³/mol. The standard InChI is InChI=1S/C47H75N5/c1-7-9-11-13-15-17-19-21-23-25-27-29-31-46-48-40-33-38-39-34-41-45(36-43(39)52(37(3)4)42(38)35-44(40)50(46)5)51(6)47(49-41)32-30-28-26-24-22-20-18-16-14-12-10-8-2/h33-37H,7-32H2,1-6H3. The molecule has 0 saturated heterocycles. The number of imidazole rings is 2. The smallest absolute Gasteiger partial charge is 0.109 e. The molecule has 0 aliphatic rings. The lowest BCUT2D eigenvalue weighted by Gasteiger charge is -2.12. The minimum atomic E-state index is 0.359. The van der Waals surface area contributed by atoms with Gasteiger partial charge in [0.15, 0.2) is 0 Å². The van der Waals surface area contributed by atoms with Crippen molar-refractivity contribution in [3.05, 3.63) is 35.9 Å². The molecule has 3 aromatic heterocycles. The Morgan fingerprint density at radius 1 is 0.423 bits per heavy atom. The molecule has 0 unspecified atom stereocenters. The first-order valence-corrected chi connectivity index (χ1v) is 22.2. The Hall–Kier alpha value is -2.82. The Morgan fingerprint density at radius 2 is 0.731 bits per heavy atom. The highest BCUT2D eigenvalue weighted by molar-refractivity contribution is 6.14. The maximum absolute atomic E-state index is 5.21. The van der Waals surface area contributed by atoms with E-state index >= 15 is 0 Å². The van der Waals surface area contributed by atoms with Crippen molar-refractivity contribution in [3.8, 4) is 0 Å². The van der Waals surface area contributed by atoms with Gasteiger partial charge in [-0.05, 0) is 51.0 Å². The third-order valence-electron chi connectivity index (χ3n) is 12.0. The Morgan fingerprint density at radius 3 is 1.04 bits per heavy atom. The van der Waals surface area contributed by atoms with Crippen molar-refractivity contribution >= 4 is 43.9 Å². The van der Waals surface area contributed by atoms with Gasteiger partial charge in [-0.3, -0.25) is 0 Å². The fourth-order valence-electron chi connectivity index (χ4n) is 8.77. The Labute approximate surface area is 317 Å². The van der Waals surface area contributed by atoms with E-state index < -0.39 is 0 Å². The van der Waals surface area contributed by atoms with Crippen LogP contribution in [0.25, 0.3) is 43.9 Å². The Balaban J connectivity index is 1.17. The van der Waals surface area contributed by atoms with E-state index in [0.29, 0.717) is 6.04 Å². The van der Waals surface area contributed by atoms with E-state index in [0.717, 1.165) is 23.9 Å². The second-order valence-electron chi connectivity index (χ2n) is 16.6. The SMILES string of the molecule is CCCCCCCCCCCCCCc1nc2cc3c4cc5nc(CCCCCCCCCCCCCC)n(C)c5cc4n(C(C)C)c3cc2n1C. The van der Waals surface area contributed by atoms with Crippen molar-refractivity contribution < 1.29 is 0 Å². The second kappa shape index (κ2) is 21.2. The molecule has 5 nitrogen and oxygen atoms in total. The van der Waals surface area contributed by atoms with Gasteiger partial charge < -0.3 is 13.7 Å². The van der Waals surface area contributed by atoms with Crippen LogP contribution >= 0.6 is 0 Å². The van der Waals surface area contributed by atoms with Crippen LogP contribution < -0.4 is 0 Å². The molecule has 5 rings (SSSR count). The number of unbranched alkanes of at least 4 members (excludes halogenated alkanes) is 22. The summed E-state index contributed by atoms with van der Waals surface area (Å²) in [6, 6.07) is 9.89. The first-order chi connectivity index (χ1) is 25.4. The second-order valence-corrected chi connectivity index (χ2v) is 16.6. The summed E-state index contributed by atoms with van der Waals surface area (Å²) >= 11 is 0. The fourth-order valence-corrected chi connectivity index (χ4v) is 8.77. The van der Waals surface area contributed by atoms with Crippen molar-refractivity contribution in [3.63, 3.8) is 0 Å². The number of aryl methyl sites for hydroxylation is 4. The third kappa shape index (κ3) is 10.7. The molecule has 0 aliphatic heterocycles. The van der Waals surface area contributed by atoms with Crippen molar-refractivity contribution in [2.24, 2.45) is 14.1 Å². The van der Waals surface area contributed by atoms with Gasteiger partial charge in [0.25, 0.3) is 0 Å². The summed E-state index contributed by atoms with van der Waals surface area (Å²) < 4.78 is 7.25. The van der Waals surface area contributed by atoms with Gasteiger partial charge in [-0.25, -0.2) is 9.97 Å². The van der Waals surface area contributed by atoms with Crippen LogP contribution in [0.2, 0.25) is 0 Å². The quantitative estimate of drug-likeness (QED) is 0.0509. The molecule has 0 spiro atoms. The molecule has 0 aliphatic carbocycles. The number of fused-ring (bicyclic) bond motifs is 5. The predicted octanol–water partition coefficient (Wildman–Crippen LogP) is 14.6. The largest absolute Gasteiger partial charge is 0.338 e. The fraction of sp³-hybridized carbons (Fsp3) is 0.702. The van der Waals surface area contributed by atoms with Crippen molar-refractivity contribution in [1.29, 1.82) is 0 Å². The zero-order valence-electron chi connectivity index (χ0n) is 34.5. The molecule has 0 saturated carbocycles. The van der Waals surface area contributed by atoms with E-state index in [1.807, 2.05) is 0 Å². The summed E-state index contributed by atoms with van der Waals surface area (Å²) in [4.78, 5) is 10.4. The summed E-state index contributed by atoms with van der Waals surface area (Å²) in [5.41, 5.74) is 7.37. The summed E-state index contributed by atoms with van der Waals surface area (Å²) in [6.45, 7) is 9.23. The van der Waals surface area contributed by atoms with E-state index in [-0.39, 0.29) is 0 Å². The molecule has 3 heterocycles. The summed E-state index contributed by atoms with van der Waals surface area (Å²) in [7, 11) is 4.44. The van der Waals surface area contributed by atoms with Gasteiger partial charge >= 0.3 is 0 Å². The lowest BCUT2D eigenvalue weighted by molar-refractivity contribution is 0.541. The van der Waals surface area contributed by atoms with Crippen LogP contribution in [0, 0.1) is 0 Å². The number of hydrogen-bond acceptors (Lipinski definition) is 2. The first-order valence-electron chi connectivity index (χ1n) is 22.2. The molecule has 0 N–H and O–H groups in total. The Kier molecular flexibility index (Phi) is 16.4. The minimum absolute atomic E-state index is 0.359. The highest BCUT2D eigenvalue weighted by Gasteiger charge is 2.19. The first kappa shape index (κ1) is 40.4. The number of nitrogens with zero attached hydrogens (tertiary/aromatic N) is 5. The summed E-state index contributed by atoms with van der Waals surface area (Å²) in [5.74, 6) is 2.45. The van der Waals surface area contributed by atoms with E-state index in [1.54, 1.807) is 0 Å². The summed E-state index contributed by atoms with van der Waals surface area (Å²) in [6.07, 6.45) is 35.3. The number of benzene rings is 2. The van der Waals surface area contributed by atoms with E-state index in [2.05, 4.69) is 79.8 Å². The van der Waals surface area contributed by atoms with Crippen molar-refractivity contribution in [2.75, 3.05) is 0 Å². The lowest BCUT2D eigenvalue weighted by Crippen LogP contribution is -2.01. The minimum Gasteiger partial charge on any atom is -0.338 e. The third-order valence-corrected chi connectivity index (χ3v) is 12.0. The lowest BCUT2D eigenvalue weighted by atomic mass is 10.0. The highest BCUT2D eigenvalue weighted by atomic mass is 15.1. The average Bonchev–Trinajstić information content (AvgIpc) is 3.74. The molecule has 5 heteroatoms. The van der Waals surface area contributed by atoms with E-state index in [4.69, 9.17) is 9.97 Å². The number of aromatic nitrogens is 5. The van der Waals surface area contributed by atoms with Crippen LogP contribution in [0.5, 0.6) is 0 Å². The van der Waals surface area contributed by atoms with Crippen LogP contribution in [0.3, 0.4) is 0 Å². The van der Waals surface area contributed by atoms with Gasteiger partial charge in [0.1, 0.15) is 11.6 Å². The van der Waals surface area contributed by atoms with E-state index in [1.165, 1.54) is 199 Å². The number of rotatable bonds is 27. The topological polar surface area (TPSA) is 40.6 Å². The van der Waals surface area contributed by atoms with Gasteiger partial charge in [-0.2, -0.15) is 0 Å². The molecule has 0 bridgehead atoms. The molecular formula is C47H75N5.